The predicted molar refractivity (Wildman–Crippen MR) is 70.6 cm³/mol. The molecule has 2 aromatic rings. The second-order valence-corrected chi connectivity index (χ2v) is 4.26. The molecular formula is C14H15N3O. The van der Waals surface area contributed by atoms with Crippen LogP contribution in [-0.4, -0.2) is 15.9 Å². The van der Waals surface area contributed by atoms with Gasteiger partial charge in [0.05, 0.1) is 11.3 Å². The van der Waals surface area contributed by atoms with Crippen molar-refractivity contribution < 1.29 is 4.79 Å². The number of anilines is 1. The van der Waals surface area contributed by atoms with Gasteiger partial charge in [-0.15, -0.1) is 0 Å². The third kappa shape index (κ3) is 2.71. The Labute approximate surface area is 106 Å². The Morgan fingerprint density at radius 2 is 1.94 bits per heavy atom. The van der Waals surface area contributed by atoms with Crippen LogP contribution in [0.25, 0.3) is 0 Å². The normalized spacial score (nSPS) is 10.2. The number of hydrogen-bond donors (Lipinski definition) is 1. The first kappa shape index (κ1) is 12.2. The van der Waals surface area contributed by atoms with E-state index in [1.807, 2.05) is 39.0 Å². The number of nitrogens with zero attached hydrogens (tertiary/aromatic N) is 2. The molecule has 2 rings (SSSR count). The summed E-state index contributed by atoms with van der Waals surface area (Å²) in [5.41, 5.74) is 3.25. The molecule has 0 atom stereocenters. The van der Waals surface area contributed by atoms with Crippen LogP contribution in [0.1, 0.15) is 27.3 Å². The van der Waals surface area contributed by atoms with Gasteiger partial charge in [-0.2, -0.15) is 0 Å². The zero-order chi connectivity index (χ0) is 13.1. The average Bonchev–Trinajstić information content (AvgIpc) is 2.28. The van der Waals surface area contributed by atoms with Crippen LogP contribution in [-0.2, 0) is 0 Å². The number of amides is 1. The van der Waals surface area contributed by atoms with E-state index < -0.39 is 0 Å². The number of carbonyl (C=O) groups excluding carboxylic acids is 1. The molecule has 0 unspecified atom stereocenters. The standard InChI is InChI=1S/C14H15N3O/c1-9-6-7-15-13(8-9)17-14(18)12-5-4-10(2)16-11(12)3/h4-8H,1-3H3,(H,15,17,18). The maximum absolute atomic E-state index is 12.1. The maximum Gasteiger partial charge on any atom is 0.258 e. The summed E-state index contributed by atoms with van der Waals surface area (Å²) in [5.74, 6) is 0.373. The van der Waals surface area contributed by atoms with Crippen LogP contribution in [0.2, 0.25) is 0 Å². The highest BCUT2D eigenvalue weighted by molar-refractivity contribution is 6.04. The number of rotatable bonds is 2. The summed E-state index contributed by atoms with van der Waals surface area (Å²) in [6.45, 7) is 5.68. The van der Waals surface area contributed by atoms with Gasteiger partial charge in [0.25, 0.3) is 5.91 Å². The van der Waals surface area contributed by atoms with E-state index in [0.717, 1.165) is 17.0 Å². The van der Waals surface area contributed by atoms with Crippen LogP contribution >= 0.6 is 0 Å². The summed E-state index contributed by atoms with van der Waals surface area (Å²) in [6, 6.07) is 7.32. The Morgan fingerprint density at radius 1 is 1.17 bits per heavy atom. The van der Waals surface area contributed by atoms with Gasteiger partial charge in [-0.3, -0.25) is 9.78 Å². The molecule has 0 aliphatic heterocycles. The summed E-state index contributed by atoms with van der Waals surface area (Å²) >= 11 is 0. The van der Waals surface area contributed by atoms with Gasteiger partial charge in [0, 0.05) is 11.9 Å². The monoisotopic (exact) mass is 241 g/mol. The summed E-state index contributed by atoms with van der Waals surface area (Å²) in [5, 5.41) is 2.77. The molecule has 4 nitrogen and oxygen atoms in total. The summed E-state index contributed by atoms with van der Waals surface area (Å²) < 4.78 is 0. The highest BCUT2D eigenvalue weighted by atomic mass is 16.1. The topological polar surface area (TPSA) is 54.9 Å². The minimum absolute atomic E-state index is 0.182. The van der Waals surface area contributed by atoms with Gasteiger partial charge >= 0.3 is 0 Å². The van der Waals surface area contributed by atoms with Crippen molar-refractivity contribution in [2.45, 2.75) is 20.8 Å². The maximum atomic E-state index is 12.1. The van der Waals surface area contributed by atoms with E-state index in [0.29, 0.717) is 11.4 Å². The van der Waals surface area contributed by atoms with Gasteiger partial charge in [0.1, 0.15) is 5.82 Å². The SMILES string of the molecule is Cc1ccnc(NC(=O)c2ccc(C)nc2C)c1. The van der Waals surface area contributed by atoms with Gasteiger partial charge in [-0.05, 0) is 50.6 Å². The van der Waals surface area contributed by atoms with Crippen LogP contribution in [0.4, 0.5) is 5.82 Å². The van der Waals surface area contributed by atoms with Crippen molar-refractivity contribution in [1.82, 2.24) is 9.97 Å². The van der Waals surface area contributed by atoms with Crippen molar-refractivity contribution in [2.24, 2.45) is 0 Å². The number of pyridine rings is 2. The van der Waals surface area contributed by atoms with Gasteiger partial charge in [-0.1, -0.05) is 0 Å². The molecule has 0 saturated carbocycles. The summed E-state index contributed by atoms with van der Waals surface area (Å²) in [4.78, 5) is 20.4. The Kier molecular flexibility index (Phi) is 3.37. The highest BCUT2D eigenvalue weighted by Crippen LogP contribution is 2.11. The molecule has 0 aliphatic rings. The van der Waals surface area contributed by atoms with E-state index in [1.54, 1.807) is 12.3 Å². The smallest absolute Gasteiger partial charge is 0.258 e. The molecule has 2 aromatic heterocycles. The van der Waals surface area contributed by atoms with E-state index in [-0.39, 0.29) is 5.91 Å². The van der Waals surface area contributed by atoms with E-state index >= 15 is 0 Å². The highest BCUT2D eigenvalue weighted by Gasteiger charge is 2.10. The van der Waals surface area contributed by atoms with Crippen LogP contribution in [0.15, 0.2) is 30.5 Å². The zero-order valence-electron chi connectivity index (χ0n) is 10.7. The molecule has 18 heavy (non-hydrogen) atoms. The predicted octanol–water partition coefficient (Wildman–Crippen LogP) is 2.65. The van der Waals surface area contributed by atoms with Crippen LogP contribution < -0.4 is 5.32 Å². The minimum Gasteiger partial charge on any atom is -0.307 e. The fourth-order valence-electron chi connectivity index (χ4n) is 1.71. The molecule has 2 heterocycles. The zero-order valence-corrected chi connectivity index (χ0v) is 10.7. The van der Waals surface area contributed by atoms with Gasteiger partial charge in [0.2, 0.25) is 0 Å². The molecule has 0 aliphatic carbocycles. The second-order valence-electron chi connectivity index (χ2n) is 4.26. The van der Waals surface area contributed by atoms with Gasteiger partial charge < -0.3 is 5.32 Å². The minimum atomic E-state index is -0.182. The molecule has 0 spiro atoms. The number of aryl methyl sites for hydroxylation is 3. The van der Waals surface area contributed by atoms with Gasteiger partial charge in [-0.25, -0.2) is 4.98 Å². The van der Waals surface area contributed by atoms with E-state index in [9.17, 15) is 4.79 Å². The summed E-state index contributed by atoms with van der Waals surface area (Å²) in [6.07, 6.45) is 1.67. The first-order valence-electron chi connectivity index (χ1n) is 5.74. The average molecular weight is 241 g/mol. The van der Waals surface area contributed by atoms with Crippen molar-refractivity contribution in [3.8, 4) is 0 Å². The van der Waals surface area contributed by atoms with E-state index in [1.165, 1.54) is 0 Å². The number of hydrogen-bond acceptors (Lipinski definition) is 3. The number of carbonyl (C=O) groups is 1. The molecule has 0 bridgehead atoms. The largest absolute Gasteiger partial charge is 0.307 e. The number of nitrogens with one attached hydrogen (secondary N) is 1. The molecule has 0 radical (unpaired) electrons. The molecule has 0 aromatic carbocycles. The lowest BCUT2D eigenvalue weighted by Crippen LogP contribution is -2.15. The van der Waals surface area contributed by atoms with Gasteiger partial charge in [0.15, 0.2) is 0 Å². The lowest BCUT2D eigenvalue weighted by Gasteiger charge is -2.07. The Hall–Kier alpha value is -2.23. The van der Waals surface area contributed by atoms with Crippen molar-refractivity contribution in [1.29, 1.82) is 0 Å². The van der Waals surface area contributed by atoms with E-state index in [4.69, 9.17) is 0 Å². The van der Waals surface area contributed by atoms with Crippen LogP contribution in [0.3, 0.4) is 0 Å². The Balaban J connectivity index is 2.22. The van der Waals surface area contributed by atoms with Crippen LogP contribution in [0.5, 0.6) is 0 Å². The first-order valence-corrected chi connectivity index (χ1v) is 5.74. The first-order chi connectivity index (χ1) is 8.56. The fraction of sp³-hybridized carbons (Fsp3) is 0.214. The third-order valence-corrected chi connectivity index (χ3v) is 2.63. The molecule has 0 saturated heterocycles. The molecule has 4 heteroatoms. The van der Waals surface area contributed by atoms with Crippen molar-refractivity contribution in [3.05, 3.63) is 53.0 Å². The molecular weight excluding hydrogens is 226 g/mol. The third-order valence-electron chi connectivity index (χ3n) is 2.63. The molecule has 0 fully saturated rings. The van der Waals surface area contributed by atoms with Crippen molar-refractivity contribution in [2.75, 3.05) is 5.32 Å². The second kappa shape index (κ2) is 4.96. The number of aromatic nitrogens is 2. The van der Waals surface area contributed by atoms with Crippen LogP contribution in [0, 0.1) is 20.8 Å². The Morgan fingerprint density at radius 3 is 2.61 bits per heavy atom. The molecule has 1 N–H and O–H groups in total. The van der Waals surface area contributed by atoms with E-state index in [2.05, 4.69) is 15.3 Å². The lowest BCUT2D eigenvalue weighted by molar-refractivity contribution is 0.102. The Bertz CT molecular complexity index is 593. The summed E-state index contributed by atoms with van der Waals surface area (Å²) in [7, 11) is 0. The molecule has 92 valence electrons. The fourth-order valence-corrected chi connectivity index (χ4v) is 1.71. The van der Waals surface area contributed by atoms with Crippen molar-refractivity contribution in [3.63, 3.8) is 0 Å². The molecule has 1 amide bonds. The van der Waals surface area contributed by atoms with Crippen molar-refractivity contribution >= 4 is 11.7 Å². The quantitative estimate of drug-likeness (QED) is 0.879. The lowest BCUT2D eigenvalue weighted by atomic mass is 10.1.